The van der Waals surface area contributed by atoms with Gasteiger partial charge in [-0.25, -0.2) is 17.2 Å². The van der Waals surface area contributed by atoms with Crippen LogP contribution in [0.25, 0.3) is 0 Å². The Kier molecular flexibility index (Phi) is 5.93. The first-order valence-corrected chi connectivity index (χ1v) is 11.7. The van der Waals surface area contributed by atoms with Crippen molar-refractivity contribution in [2.24, 2.45) is 5.92 Å². The zero-order chi connectivity index (χ0) is 20.6. The minimum Gasteiger partial charge on any atom is -0.316 e. The van der Waals surface area contributed by atoms with E-state index in [1.165, 1.54) is 5.56 Å². The first-order valence-electron chi connectivity index (χ1n) is 9.78. The molecule has 0 aromatic heterocycles. The molecule has 1 fully saturated rings. The molecule has 0 aliphatic carbocycles. The quantitative estimate of drug-likeness (QED) is 0.580. The summed E-state index contributed by atoms with van der Waals surface area (Å²) >= 11 is 6.07. The molecule has 1 N–H and O–H groups in total. The SMILES string of the molecule is O=S(=O)(c1cc(F)c(F)cc1Cl)C(C1CCCNC1)N1CCc2ccccc2C1. The van der Waals surface area contributed by atoms with Gasteiger partial charge in [-0.3, -0.25) is 4.90 Å². The van der Waals surface area contributed by atoms with E-state index in [1.807, 2.05) is 23.1 Å². The fourth-order valence-corrected chi connectivity index (χ4v) is 7.10. The smallest absolute Gasteiger partial charge is 0.196 e. The molecule has 156 valence electrons. The second kappa shape index (κ2) is 8.30. The van der Waals surface area contributed by atoms with E-state index in [2.05, 4.69) is 11.4 Å². The van der Waals surface area contributed by atoms with Crippen LogP contribution in [0.15, 0.2) is 41.3 Å². The first kappa shape index (κ1) is 20.7. The molecule has 2 aliphatic heterocycles. The normalized spacial score (nSPS) is 21.6. The Morgan fingerprint density at radius 1 is 1.14 bits per heavy atom. The Morgan fingerprint density at radius 3 is 2.59 bits per heavy atom. The summed E-state index contributed by atoms with van der Waals surface area (Å²) in [6, 6.07) is 9.45. The lowest BCUT2D eigenvalue weighted by Crippen LogP contribution is -2.52. The maximum atomic E-state index is 13.9. The molecule has 29 heavy (non-hydrogen) atoms. The third-order valence-corrected chi connectivity index (χ3v) is 8.55. The maximum absolute atomic E-state index is 13.9. The summed E-state index contributed by atoms with van der Waals surface area (Å²) in [5.74, 6) is -2.53. The van der Waals surface area contributed by atoms with Crippen LogP contribution in [0.1, 0.15) is 24.0 Å². The van der Waals surface area contributed by atoms with Crippen LogP contribution < -0.4 is 5.32 Å². The van der Waals surface area contributed by atoms with Crippen LogP contribution >= 0.6 is 11.6 Å². The lowest BCUT2D eigenvalue weighted by Gasteiger charge is -2.40. The highest BCUT2D eigenvalue weighted by atomic mass is 35.5. The molecule has 2 aromatic rings. The van der Waals surface area contributed by atoms with E-state index in [4.69, 9.17) is 11.6 Å². The number of hydrogen-bond donors (Lipinski definition) is 1. The first-order chi connectivity index (χ1) is 13.9. The topological polar surface area (TPSA) is 49.4 Å². The van der Waals surface area contributed by atoms with Crippen molar-refractivity contribution < 1.29 is 17.2 Å². The van der Waals surface area contributed by atoms with Crippen LogP contribution in [-0.2, 0) is 22.8 Å². The van der Waals surface area contributed by atoms with Crippen molar-refractivity contribution in [3.63, 3.8) is 0 Å². The molecule has 2 aromatic carbocycles. The second-order valence-electron chi connectivity index (χ2n) is 7.73. The van der Waals surface area contributed by atoms with Crippen molar-refractivity contribution >= 4 is 21.4 Å². The van der Waals surface area contributed by atoms with E-state index in [0.717, 1.165) is 37.4 Å². The van der Waals surface area contributed by atoms with Gasteiger partial charge >= 0.3 is 0 Å². The van der Waals surface area contributed by atoms with Crippen LogP contribution in [0.5, 0.6) is 0 Å². The van der Waals surface area contributed by atoms with E-state index in [1.54, 1.807) is 0 Å². The summed E-state index contributed by atoms with van der Waals surface area (Å²) in [6.07, 6.45) is 2.36. The average molecular weight is 441 g/mol. The molecule has 4 nitrogen and oxygen atoms in total. The van der Waals surface area contributed by atoms with E-state index in [0.29, 0.717) is 25.7 Å². The van der Waals surface area contributed by atoms with Crippen LogP contribution in [-0.4, -0.2) is 38.3 Å². The van der Waals surface area contributed by atoms with Crippen molar-refractivity contribution in [2.75, 3.05) is 19.6 Å². The number of hydrogen-bond acceptors (Lipinski definition) is 4. The summed E-state index contributed by atoms with van der Waals surface area (Å²) in [6.45, 7) is 2.48. The van der Waals surface area contributed by atoms with Gasteiger partial charge in [-0.1, -0.05) is 35.9 Å². The van der Waals surface area contributed by atoms with Gasteiger partial charge in [0.2, 0.25) is 0 Å². The Morgan fingerprint density at radius 2 is 1.86 bits per heavy atom. The second-order valence-corrected chi connectivity index (χ2v) is 10.1. The molecule has 0 radical (unpaired) electrons. The van der Waals surface area contributed by atoms with E-state index >= 15 is 0 Å². The minimum absolute atomic E-state index is 0.164. The monoisotopic (exact) mass is 440 g/mol. The van der Waals surface area contributed by atoms with Gasteiger partial charge in [0.1, 0.15) is 5.37 Å². The molecule has 2 unspecified atom stereocenters. The van der Waals surface area contributed by atoms with Gasteiger partial charge in [0.15, 0.2) is 21.5 Å². The van der Waals surface area contributed by atoms with Crippen LogP contribution in [0.4, 0.5) is 8.78 Å². The number of nitrogens with zero attached hydrogens (tertiary/aromatic N) is 1. The van der Waals surface area contributed by atoms with Gasteiger partial charge in [0.05, 0.1) is 9.92 Å². The molecule has 4 rings (SSSR count). The number of halogens is 3. The number of piperidine rings is 1. The zero-order valence-electron chi connectivity index (χ0n) is 15.9. The summed E-state index contributed by atoms with van der Waals surface area (Å²) in [5.41, 5.74) is 2.31. The summed E-state index contributed by atoms with van der Waals surface area (Å²) in [5, 5.41) is 2.14. The third-order valence-electron chi connectivity index (χ3n) is 5.86. The standard InChI is InChI=1S/C21H23ClF2N2O2S/c22-17-10-18(23)19(24)11-20(17)29(27,28)21(15-6-3-8-25-12-15)26-9-7-14-4-1-2-5-16(14)13-26/h1-2,4-5,10-11,15,21,25H,3,6-9,12-13H2. The number of rotatable bonds is 4. The molecule has 2 heterocycles. The highest BCUT2D eigenvalue weighted by molar-refractivity contribution is 7.92. The summed E-state index contributed by atoms with van der Waals surface area (Å²) in [7, 11) is -4.03. The van der Waals surface area contributed by atoms with E-state index in [9.17, 15) is 17.2 Å². The van der Waals surface area contributed by atoms with E-state index < -0.39 is 26.8 Å². The molecule has 8 heteroatoms. The highest BCUT2D eigenvalue weighted by Crippen LogP contribution is 2.35. The zero-order valence-corrected chi connectivity index (χ0v) is 17.4. The molecule has 0 bridgehead atoms. The molecule has 0 saturated carbocycles. The van der Waals surface area contributed by atoms with Gasteiger partial charge in [-0.05, 0) is 49.1 Å². The van der Waals surface area contributed by atoms with Gasteiger partial charge in [-0.15, -0.1) is 0 Å². The molecule has 0 amide bonds. The average Bonchev–Trinajstić information content (AvgIpc) is 2.71. The Labute approximate surface area is 174 Å². The molecule has 0 spiro atoms. The molecule has 2 aliphatic rings. The Hall–Kier alpha value is -1.54. The van der Waals surface area contributed by atoms with Gasteiger partial charge < -0.3 is 5.32 Å². The van der Waals surface area contributed by atoms with Gasteiger partial charge in [0.25, 0.3) is 0 Å². The number of fused-ring (bicyclic) bond motifs is 1. The number of sulfone groups is 1. The third kappa shape index (κ3) is 4.06. The summed E-state index contributed by atoms with van der Waals surface area (Å²) < 4.78 is 54.8. The number of nitrogens with one attached hydrogen (secondary N) is 1. The largest absolute Gasteiger partial charge is 0.316 e. The van der Waals surface area contributed by atoms with Gasteiger partial charge in [0, 0.05) is 25.6 Å². The van der Waals surface area contributed by atoms with Crippen LogP contribution in [0.3, 0.4) is 0 Å². The lowest BCUT2D eigenvalue weighted by atomic mass is 9.95. The van der Waals surface area contributed by atoms with Crippen molar-refractivity contribution in [1.82, 2.24) is 10.2 Å². The van der Waals surface area contributed by atoms with Crippen molar-refractivity contribution in [1.29, 1.82) is 0 Å². The fourth-order valence-electron chi connectivity index (χ4n) is 4.46. The number of benzene rings is 2. The lowest BCUT2D eigenvalue weighted by molar-refractivity contribution is 0.162. The van der Waals surface area contributed by atoms with Crippen LogP contribution in [0.2, 0.25) is 5.02 Å². The predicted molar refractivity (Wildman–Crippen MR) is 108 cm³/mol. The fraction of sp³-hybridized carbons (Fsp3) is 0.429. The van der Waals surface area contributed by atoms with Crippen LogP contribution in [0, 0.1) is 17.6 Å². The molecule has 1 saturated heterocycles. The highest BCUT2D eigenvalue weighted by Gasteiger charge is 2.42. The Balaban J connectivity index is 1.76. The molecular weight excluding hydrogens is 418 g/mol. The van der Waals surface area contributed by atoms with Crippen molar-refractivity contribution in [2.45, 2.75) is 36.1 Å². The molecular formula is C21H23ClF2N2O2S. The molecule has 2 atom stereocenters. The minimum atomic E-state index is -4.03. The van der Waals surface area contributed by atoms with E-state index in [-0.39, 0.29) is 15.8 Å². The van der Waals surface area contributed by atoms with Crippen molar-refractivity contribution in [3.05, 3.63) is 64.2 Å². The summed E-state index contributed by atoms with van der Waals surface area (Å²) in [4.78, 5) is 1.61. The maximum Gasteiger partial charge on any atom is 0.196 e. The van der Waals surface area contributed by atoms with Crippen molar-refractivity contribution in [3.8, 4) is 0 Å². The predicted octanol–water partition coefficient (Wildman–Crippen LogP) is 3.78. The Bertz CT molecular complexity index is 1010. The van der Waals surface area contributed by atoms with Gasteiger partial charge in [-0.2, -0.15) is 0 Å².